The van der Waals surface area contributed by atoms with Crippen LogP contribution in [-0.2, 0) is 12.8 Å². The topological polar surface area (TPSA) is 23.5 Å². The molecule has 0 aromatic heterocycles. The lowest BCUT2D eigenvalue weighted by atomic mass is 9.84. The second kappa shape index (κ2) is 9.07. The fraction of sp³-hybridized carbons (Fsp3) is 0.462. The third-order valence-corrected chi connectivity index (χ3v) is 6.78. The van der Waals surface area contributed by atoms with E-state index in [2.05, 4.69) is 66.6 Å². The van der Waals surface area contributed by atoms with Crippen LogP contribution in [0, 0.1) is 5.92 Å². The van der Waals surface area contributed by atoms with E-state index in [4.69, 9.17) is 0 Å². The average Bonchev–Trinajstić information content (AvgIpc) is 2.91. The molecule has 0 spiro atoms. The standard InChI is InChI=1S/C26H33NO/c1-27(26-15-7-4-11-22(26)19-28)18-8-14-25-23-12-5-2-9-20(23)16-17-21-10-3-6-13-24(21)25/h2-3,5-6,9-10,12-14,22,26,28H,4,7-8,11,15-19H2,1H3/t22-,26-/m0/s1. The molecule has 0 aliphatic heterocycles. The zero-order chi connectivity index (χ0) is 19.3. The lowest BCUT2D eigenvalue weighted by molar-refractivity contribution is 0.0834. The molecule has 4 rings (SSSR count). The number of aliphatic hydroxyl groups excluding tert-OH is 1. The van der Waals surface area contributed by atoms with Crippen molar-refractivity contribution in [3.05, 3.63) is 76.9 Å². The summed E-state index contributed by atoms with van der Waals surface area (Å²) in [4.78, 5) is 2.49. The minimum atomic E-state index is 0.330. The summed E-state index contributed by atoms with van der Waals surface area (Å²) in [5, 5.41) is 9.75. The Morgan fingerprint density at radius 3 is 2.18 bits per heavy atom. The Morgan fingerprint density at radius 1 is 0.929 bits per heavy atom. The third-order valence-electron chi connectivity index (χ3n) is 6.78. The molecule has 2 aromatic rings. The van der Waals surface area contributed by atoms with Gasteiger partial charge in [0, 0.05) is 19.2 Å². The highest BCUT2D eigenvalue weighted by molar-refractivity contribution is 5.83. The molecule has 0 amide bonds. The molecule has 0 unspecified atom stereocenters. The summed E-state index contributed by atoms with van der Waals surface area (Å²) in [5.41, 5.74) is 7.14. The summed E-state index contributed by atoms with van der Waals surface area (Å²) in [6.45, 7) is 1.38. The monoisotopic (exact) mass is 375 g/mol. The summed E-state index contributed by atoms with van der Waals surface area (Å²) in [5.74, 6) is 0.450. The molecule has 0 heterocycles. The normalized spacial score (nSPS) is 21.8. The number of benzene rings is 2. The summed E-state index contributed by atoms with van der Waals surface area (Å²) in [6, 6.07) is 18.3. The predicted octanol–water partition coefficient (Wildman–Crippen LogP) is 5.09. The highest BCUT2D eigenvalue weighted by atomic mass is 16.3. The Bertz CT molecular complexity index is 775. The number of hydrogen-bond donors (Lipinski definition) is 1. The molecule has 1 N–H and O–H groups in total. The van der Waals surface area contributed by atoms with Gasteiger partial charge in [0.2, 0.25) is 0 Å². The maximum absolute atomic E-state index is 9.75. The highest BCUT2D eigenvalue weighted by Crippen LogP contribution is 2.34. The predicted molar refractivity (Wildman–Crippen MR) is 117 cm³/mol. The van der Waals surface area contributed by atoms with E-state index in [9.17, 15) is 5.11 Å². The summed E-state index contributed by atoms with van der Waals surface area (Å²) in [7, 11) is 2.24. The third kappa shape index (κ3) is 4.09. The first kappa shape index (κ1) is 19.4. The molecule has 0 saturated heterocycles. The second-order valence-corrected chi connectivity index (χ2v) is 8.50. The summed E-state index contributed by atoms with van der Waals surface area (Å²) >= 11 is 0. The first-order valence-electron chi connectivity index (χ1n) is 11.0. The van der Waals surface area contributed by atoms with Crippen LogP contribution in [-0.4, -0.2) is 36.2 Å². The smallest absolute Gasteiger partial charge is 0.0474 e. The van der Waals surface area contributed by atoms with Crippen LogP contribution < -0.4 is 0 Å². The molecule has 148 valence electrons. The van der Waals surface area contributed by atoms with Crippen molar-refractivity contribution in [2.24, 2.45) is 5.92 Å². The minimum absolute atomic E-state index is 0.330. The molecule has 0 bridgehead atoms. The van der Waals surface area contributed by atoms with Crippen LogP contribution in [0.5, 0.6) is 0 Å². The maximum atomic E-state index is 9.75. The van der Waals surface area contributed by atoms with Gasteiger partial charge in [-0.2, -0.15) is 0 Å². The Hall–Kier alpha value is -1.90. The summed E-state index contributed by atoms with van der Waals surface area (Å²) < 4.78 is 0. The fourth-order valence-corrected chi connectivity index (χ4v) is 5.20. The van der Waals surface area contributed by atoms with E-state index in [1.54, 1.807) is 0 Å². The Kier molecular flexibility index (Phi) is 6.29. The van der Waals surface area contributed by atoms with Gasteiger partial charge in [-0.05, 0) is 72.9 Å². The number of hydrogen-bond acceptors (Lipinski definition) is 2. The molecule has 2 aliphatic carbocycles. The highest BCUT2D eigenvalue weighted by Gasteiger charge is 2.27. The van der Waals surface area contributed by atoms with E-state index in [1.165, 1.54) is 53.5 Å². The van der Waals surface area contributed by atoms with Crippen LogP contribution in [0.4, 0.5) is 0 Å². The van der Waals surface area contributed by atoms with E-state index < -0.39 is 0 Å². The molecular formula is C26H33NO. The molecule has 0 radical (unpaired) electrons. The number of fused-ring (bicyclic) bond motifs is 2. The zero-order valence-electron chi connectivity index (χ0n) is 17.1. The van der Waals surface area contributed by atoms with Gasteiger partial charge in [-0.3, -0.25) is 0 Å². The van der Waals surface area contributed by atoms with Crippen molar-refractivity contribution in [1.29, 1.82) is 0 Å². The van der Waals surface area contributed by atoms with Crippen LogP contribution >= 0.6 is 0 Å². The van der Waals surface area contributed by atoms with Crippen LogP contribution in [0.3, 0.4) is 0 Å². The molecule has 1 saturated carbocycles. The second-order valence-electron chi connectivity index (χ2n) is 8.50. The SMILES string of the molecule is CN(CCC=C1c2ccccc2CCc2ccccc21)[C@H]1CCCC[C@H]1CO. The number of aliphatic hydroxyl groups is 1. The van der Waals surface area contributed by atoms with Gasteiger partial charge in [0.15, 0.2) is 0 Å². The van der Waals surface area contributed by atoms with Gasteiger partial charge in [-0.1, -0.05) is 67.4 Å². The Balaban J connectivity index is 1.55. The minimum Gasteiger partial charge on any atom is -0.396 e. The van der Waals surface area contributed by atoms with Crippen LogP contribution in [0.25, 0.3) is 5.57 Å². The van der Waals surface area contributed by atoms with Gasteiger partial charge in [0.1, 0.15) is 0 Å². The van der Waals surface area contributed by atoms with Crippen LogP contribution in [0.15, 0.2) is 54.6 Å². The number of nitrogens with zero attached hydrogens (tertiary/aromatic N) is 1. The van der Waals surface area contributed by atoms with Gasteiger partial charge in [0.05, 0.1) is 0 Å². The lowest BCUT2D eigenvalue weighted by Gasteiger charge is -2.37. The average molecular weight is 376 g/mol. The van der Waals surface area contributed by atoms with E-state index in [0.29, 0.717) is 18.6 Å². The van der Waals surface area contributed by atoms with Gasteiger partial charge >= 0.3 is 0 Å². The van der Waals surface area contributed by atoms with E-state index in [0.717, 1.165) is 25.8 Å². The van der Waals surface area contributed by atoms with Gasteiger partial charge in [-0.25, -0.2) is 0 Å². The van der Waals surface area contributed by atoms with E-state index in [1.807, 2.05) is 0 Å². The molecular weight excluding hydrogens is 342 g/mol. The largest absolute Gasteiger partial charge is 0.396 e. The molecule has 2 nitrogen and oxygen atoms in total. The Labute approximate surface area is 169 Å². The quantitative estimate of drug-likeness (QED) is 0.787. The van der Waals surface area contributed by atoms with Crippen LogP contribution in [0.2, 0.25) is 0 Å². The van der Waals surface area contributed by atoms with Crippen molar-refractivity contribution in [1.82, 2.24) is 4.90 Å². The molecule has 2 atom stereocenters. The van der Waals surface area contributed by atoms with Crippen molar-refractivity contribution in [2.75, 3.05) is 20.2 Å². The number of aryl methyl sites for hydroxylation is 2. The van der Waals surface area contributed by atoms with Crippen molar-refractivity contribution < 1.29 is 5.11 Å². The Morgan fingerprint density at radius 2 is 1.54 bits per heavy atom. The molecule has 2 aromatic carbocycles. The molecule has 1 fully saturated rings. The van der Waals surface area contributed by atoms with Crippen molar-refractivity contribution >= 4 is 5.57 Å². The maximum Gasteiger partial charge on any atom is 0.0474 e. The lowest BCUT2D eigenvalue weighted by Crippen LogP contribution is -2.41. The first-order chi connectivity index (χ1) is 13.8. The molecule has 2 heteroatoms. The van der Waals surface area contributed by atoms with E-state index >= 15 is 0 Å². The van der Waals surface area contributed by atoms with E-state index in [-0.39, 0.29) is 0 Å². The number of rotatable bonds is 5. The van der Waals surface area contributed by atoms with Crippen molar-refractivity contribution in [3.63, 3.8) is 0 Å². The first-order valence-corrected chi connectivity index (χ1v) is 11.0. The van der Waals surface area contributed by atoms with Crippen LogP contribution in [0.1, 0.15) is 54.4 Å². The molecule has 28 heavy (non-hydrogen) atoms. The fourth-order valence-electron chi connectivity index (χ4n) is 5.20. The van der Waals surface area contributed by atoms with Gasteiger partial charge in [-0.15, -0.1) is 0 Å². The van der Waals surface area contributed by atoms with Gasteiger partial charge < -0.3 is 10.0 Å². The summed E-state index contributed by atoms with van der Waals surface area (Å²) in [6.07, 6.45) is 10.7. The molecule has 2 aliphatic rings. The van der Waals surface area contributed by atoms with Crippen molar-refractivity contribution in [2.45, 2.75) is 51.0 Å². The zero-order valence-corrected chi connectivity index (χ0v) is 17.1. The van der Waals surface area contributed by atoms with Gasteiger partial charge in [0.25, 0.3) is 0 Å². The van der Waals surface area contributed by atoms with Crippen molar-refractivity contribution in [3.8, 4) is 0 Å².